The number of anilines is 2. The number of carbonyl (C=O) groups is 2. The van der Waals surface area contributed by atoms with Crippen LogP contribution in [0.1, 0.15) is 19.8 Å². The summed E-state index contributed by atoms with van der Waals surface area (Å²) >= 11 is 0. The van der Waals surface area contributed by atoms with E-state index >= 15 is 0 Å². The van der Waals surface area contributed by atoms with Crippen LogP contribution in [0, 0.1) is 0 Å². The quantitative estimate of drug-likeness (QED) is 0.289. The Hall–Kier alpha value is -4.59. The number of amides is 3. The first kappa shape index (κ1) is 25.5. The van der Waals surface area contributed by atoms with Crippen molar-refractivity contribution in [2.75, 3.05) is 30.8 Å². The van der Waals surface area contributed by atoms with E-state index in [2.05, 4.69) is 10.6 Å². The van der Waals surface area contributed by atoms with E-state index in [1.165, 1.54) is 4.90 Å². The molecule has 0 aliphatic rings. The Balaban J connectivity index is 1.52. The topological polar surface area (TPSA) is 88.5 Å². The molecule has 0 radical (unpaired) electrons. The molecule has 8 nitrogen and oxygen atoms in total. The van der Waals surface area contributed by atoms with Crippen LogP contribution < -0.4 is 15.4 Å². The van der Waals surface area contributed by atoms with Gasteiger partial charge in [-0.15, -0.1) is 0 Å². The van der Waals surface area contributed by atoms with E-state index in [-0.39, 0.29) is 18.5 Å². The fourth-order valence-corrected chi connectivity index (χ4v) is 3.82. The fourth-order valence-electron chi connectivity index (χ4n) is 3.82. The molecule has 4 rings (SSSR count). The van der Waals surface area contributed by atoms with Crippen LogP contribution in [0.2, 0.25) is 0 Å². The van der Waals surface area contributed by atoms with Gasteiger partial charge in [-0.3, -0.25) is 4.79 Å². The molecule has 3 amide bonds. The molecule has 0 unspecified atom stereocenters. The maximum Gasteiger partial charge on any atom is 0.322 e. The summed E-state index contributed by atoms with van der Waals surface area (Å²) in [6, 6.07) is 28.0. The van der Waals surface area contributed by atoms with Crippen molar-refractivity contribution < 1.29 is 14.3 Å². The summed E-state index contributed by atoms with van der Waals surface area (Å²) in [4.78, 5) is 27.7. The summed E-state index contributed by atoms with van der Waals surface area (Å²) in [5.74, 6) is 0.920. The third kappa shape index (κ3) is 6.76. The van der Waals surface area contributed by atoms with Gasteiger partial charge in [0.05, 0.1) is 18.5 Å². The summed E-state index contributed by atoms with van der Waals surface area (Å²) in [5, 5.41) is 10.6. The Kier molecular flexibility index (Phi) is 8.54. The molecule has 0 saturated heterocycles. The van der Waals surface area contributed by atoms with Crippen molar-refractivity contribution in [1.29, 1.82) is 0 Å². The highest BCUT2D eigenvalue weighted by atomic mass is 16.5. The van der Waals surface area contributed by atoms with Gasteiger partial charge < -0.3 is 20.3 Å². The number of ether oxygens (including phenoxy) is 1. The molecule has 0 saturated carbocycles. The summed E-state index contributed by atoms with van der Waals surface area (Å²) in [5.41, 5.74) is 3.12. The number of hydrogen-bond donors (Lipinski definition) is 2. The Bertz CT molecular complexity index is 1300. The molecule has 0 atom stereocenters. The van der Waals surface area contributed by atoms with Gasteiger partial charge in [-0.05, 0) is 42.8 Å². The molecule has 1 heterocycles. The fraction of sp³-hybridized carbons (Fsp3) is 0.207. The Morgan fingerprint density at radius 2 is 1.59 bits per heavy atom. The van der Waals surface area contributed by atoms with E-state index in [1.54, 1.807) is 36.1 Å². The Morgan fingerprint density at radius 3 is 2.24 bits per heavy atom. The SMILES string of the molecule is CCCCN(CC(=O)Nc1cc(-c2ccccc2)nn1-c1ccccc1)C(=O)Nc1ccc(OC)cc1. The number of urea groups is 1. The molecule has 190 valence electrons. The molecule has 8 heteroatoms. The second-order valence-electron chi connectivity index (χ2n) is 8.51. The van der Waals surface area contributed by atoms with E-state index in [0.717, 1.165) is 29.8 Å². The van der Waals surface area contributed by atoms with Crippen LogP contribution in [-0.2, 0) is 4.79 Å². The van der Waals surface area contributed by atoms with Crippen LogP contribution >= 0.6 is 0 Å². The van der Waals surface area contributed by atoms with Crippen LogP contribution in [0.25, 0.3) is 16.9 Å². The number of unbranched alkanes of at least 4 members (excludes halogenated alkanes) is 1. The monoisotopic (exact) mass is 497 g/mol. The van der Waals surface area contributed by atoms with Crippen molar-refractivity contribution in [3.8, 4) is 22.7 Å². The van der Waals surface area contributed by atoms with E-state index in [0.29, 0.717) is 23.8 Å². The van der Waals surface area contributed by atoms with E-state index in [9.17, 15) is 9.59 Å². The van der Waals surface area contributed by atoms with Gasteiger partial charge in [0.2, 0.25) is 5.91 Å². The number of carbonyl (C=O) groups excluding carboxylic acids is 2. The molecule has 0 aliphatic heterocycles. The minimum absolute atomic E-state index is 0.0946. The maximum absolute atomic E-state index is 13.2. The Labute approximate surface area is 216 Å². The third-order valence-electron chi connectivity index (χ3n) is 5.79. The first-order chi connectivity index (χ1) is 18.1. The number of benzene rings is 3. The summed E-state index contributed by atoms with van der Waals surface area (Å²) in [6.45, 7) is 2.41. The molecule has 2 N–H and O–H groups in total. The largest absolute Gasteiger partial charge is 0.497 e. The van der Waals surface area contributed by atoms with E-state index in [4.69, 9.17) is 9.84 Å². The number of para-hydroxylation sites is 1. The van der Waals surface area contributed by atoms with Crippen LogP contribution in [0.5, 0.6) is 5.75 Å². The van der Waals surface area contributed by atoms with Crippen LogP contribution in [0.3, 0.4) is 0 Å². The molecule has 4 aromatic rings. The minimum atomic E-state index is -0.338. The average Bonchev–Trinajstić information content (AvgIpc) is 3.36. The number of nitrogens with one attached hydrogen (secondary N) is 2. The predicted molar refractivity (Wildman–Crippen MR) is 146 cm³/mol. The highest BCUT2D eigenvalue weighted by Gasteiger charge is 2.19. The molecule has 0 bridgehead atoms. The van der Waals surface area contributed by atoms with Gasteiger partial charge in [-0.25, -0.2) is 9.48 Å². The summed E-state index contributed by atoms with van der Waals surface area (Å²) < 4.78 is 6.87. The Morgan fingerprint density at radius 1 is 0.919 bits per heavy atom. The van der Waals surface area contributed by atoms with Gasteiger partial charge in [0, 0.05) is 23.9 Å². The van der Waals surface area contributed by atoms with Gasteiger partial charge in [-0.1, -0.05) is 61.9 Å². The zero-order chi connectivity index (χ0) is 26.0. The molecule has 1 aromatic heterocycles. The first-order valence-corrected chi connectivity index (χ1v) is 12.3. The molecular formula is C29H31N5O3. The lowest BCUT2D eigenvalue weighted by atomic mass is 10.1. The van der Waals surface area contributed by atoms with Gasteiger partial charge >= 0.3 is 6.03 Å². The number of rotatable bonds is 10. The predicted octanol–water partition coefficient (Wildman–Crippen LogP) is 5.82. The zero-order valence-corrected chi connectivity index (χ0v) is 21.1. The first-order valence-electron chi connectivity index (χ1n) is 12.3. The normalized spacial score (nSPS) is 10.5. The third-order valence-corrected chi connectivity index (χ3v) is 5.79. The number of methoxy groups -OCH3 is 1. The zero-order valence-electron chi connectivity index (χ0n) is 21.1. The summed E-state index contributed by atoms with van der Waals surface area (Å²) in [7, 11) is 1.59. The molecular weight excluding hydrogens is 466 g/mol. The smallest absolute Gasteiger partial charge is 0.322 e. The maximum atomic E-state index is 13.2. The molecule has 3 aromatic carbocycles. The van der Waals surface area contributed by atoms with E-state index in [1.807, 2.05) is 73.7 Å². The van der Waals surface area contributed by atoms with Gasteiger partial charge in [0.15, 0.2) is 0 Å². The minimum Gasteiger partial charge on any atom is -0.497 e. The average molecular weight is 498 g/mol. The highest BCUT2D eigenvalue weighted by molar-refractivity contribution is 5.97. The van der Waals surface area contributed by atoms with Crippen molar-refractivity contribution in [2.45, 2.75) is 19.8 Å². The number of hydrogen-bond acceptors (Lipinski definition) is 4. The lowest BCUT2D eigenvalue weighted by molar-refractivity contribution is -0.116. The van der Waals surface area contributed by atoms with Crippen LogP contribution in [0.4, 0.5) is 16.3 Å². The second-order valence-corrected chi connectivity index (χ2v) is 8.51. The van der Waals surface area contributed by atoms with Crippen molar-refractivity contribution in [2.24, 2.45) is 0 Å². The van der Waals surface area contributed by atoms with Crippen molar-refractivity contribution in [1.82, 2.24) is 14.7 Å². The molecule has 0 spiro atoms. The molecule has 0 aliphatic carbocycles. The summed E-state index contributed by atoms with van der Waals surface area (Å²) in [6.07, 6.45) is 1.68. The lowest BCUT2D eigenvalue weighted by Crippen LogP contribution is -2.41. The molecule has 0 fully saturated rings. The molecule has 37 heavy (non-hydrogen) atoms. The van der Waals surface area contributed by atoms with E-state index < -0.39 is 0 Å². The number of nitrogens with zero attached hydrogens (tertiary/aromatic N) is 3. The standard InChI is InChI=1S/C29H31N5O3/c1-3-4-19-33(29(36)30-23-15-17-25(37-2)18-16-23)21-28(35)31-27-20-26(22-11-7-5-8-12-22)32-34(27)24-13-9-6-10-14-24/h5-18,20H,3-4,19,21H2,1-2H3,(H,30,36)(H,31,35). The van der Waals surface area contributed by atoms with Crippen LogP contribution in [0.15, 0.2) is 91.0 Å². The van der Waals surface area contributed by atoms with Crippen molar-refractivity contribution >= 4 is 23.4 Å². The van der Waals surface area contributed by atoms with Crippen LogP contribution in [-0.4, -0.2) is 46.8 Å². The van der Waals surface area contributed by atoms with Gasteiger partial charge in [0.1, 0.15) is 18.1 Å². The van der Waals surface area contributed by atoms with Crippen molar-refractivity contribution in [3.63, 3.8) is 0 Å². The van der Waals surface area contributed by atoms with Gasteiger partial charge in [-0.2, -0.15) is 5.10 Å². The van der Waals surface area contributed by atoms with Crippen molar-refractivity contribution in [3.05, 3.63) is 91.0 Å². The van der Waals surface area contributed by atoms with Gasteiger partial charge in [0.25, 0.3) is 0 Å². The number of aromatic nitrogens is 2. The highest BCUT2D eigenvalue weighted by Crippen LogP contribution is 2.25. The second kappa shape index (κ2) is 12.4. The lowest BCUT2D eigenvalue weighted by Gasteiger charge is -2.22.